The van der Waals surface area contributed by atoms with Crippen LogP contribution in [0.4, 0.5) is 0 Å². The van der Waals surface area contributed by atoms with Crippen molar-refractivity contribution in [2.24, 2.45) is 0 Å². The van der Waals surface area contributed by atoms with Crippen LogP contribution in [0, 0.1) is 0 Å². The average molecular weight is 526 g/mol. The molecule has 5 nitrogen and oxygen atoms in total. The number of benzene rings is 4. The molecule has 2 N–H and O–H groups in total. The highest BCUT2D eigenvalue weighted by Crippen LogP contribution is 2.41. The Bertz CT molecular complexity index is 2250. The number of hydrogen-bond donors (Lipinski definition) is 2. The number of imidazole rings is 2. The van der Waals surface area contributed by atoms with E-state index in [0.717, 1.165) is 55.4 Å². The molecule has 0 aliphatic rings. The van der Waals surface area contributed by atoms with Gasteiger partial charge in [-0.25, -0.2) is 9.97 Å². The van der Waals surface area contributed by atoms with Crippen LogP contribution < -0.4 is 0 Å². The maximum absolute atomic E-state index is 4.96. The lowest BCUT2D eigenvalue weighted by Crippen LogP contribution is -1.88. The Labute approximate surface area is 228 Å². The SMILES string of the molecule is CC(C)c1nc2c(ccc3c4ccc(-c5ccc6c(c5)c5ncccc5c5nc(C(C)C)[nH]c65)cc4sc32)[nH]1. The van der Waals surface area contributed by atoms with Crippen molar-refractivity contribution in [2.45, 2.75) is 39.5 Å². The fourth-order valence-corrected chi connectivity index (χ4v) is 7.01. The third-order valence-corrected chi connectivity index (χ3v) is 9.04. The molecule has 8 rings (SSSR count). The predicted molar refractivity (Wildman–Crippen MR) is 165 cm³/mol. The molecule has 0 bridgehead atoms. The van der Waals surface area contributed by atoms with Gasteiger partial charge in [0.2, 0.25) is 0 Å². The Morgan fingerprint density at radius 1 is 0.641 bits per heavy atom. The highest BCUT2D eigenvalue weighted by molar-refractivity contribution is 7.26. The number of nitrogens with one attached hydrogen (secondary N) is 2. The molecule has 39 heavy (non-hydrogen) atoms. The van der Waals surface area contributed by atoms with E-state index in [1.807, 2.05) is 23.6 Å². The van der Waals surface area contributed by atoms with Crippen LogP contribution in [-0.4, -0.2) is 24.9 Å². The number of aromatic nitrogens is 5. The summed E-state index contributed by atoms with van der Waals surface area (Å²) in [6.07, 6.45) is 1.88. The molecular weight excluding hydrogens is 498 g/mol. The number of pyridine rings is 1. The van der Waals surface area contributed by atoms with Gasteiger partial charge in [-0.2, -0.15) is 0 Å². The van der Waals surface area contributed by atoms with Gasteiger partial charge in [0.25, 0.3) is 0 Å². The summed E-state index contributed by atoms with van der Waals surface area (Å²) in [5.41, 5.74) is 7.65. The quantitative estimate of drug-likeness (QED) is 0.226. The van der Waals surface area contributed by atoms with E-state index in [2.05, 4.69) is 92.3 Å². The summed E-state index contributed by atoms with van der Waals surface area (Å²) < 4.78 is 2.52. The van der Waals surface area contributed by atoms with Gasteiger partial charge in [-0.3, -0.25) is 4.98 Å². The Morgan fingerprint density at radius 3 is 2.18 bits per heavy atom. The molecule has 0 unspecified atom stereocenters. The molecule has 6 heteroatoms. The van der Waals surface area contributed by atoms with Crippen molar-refractivity contribution >= 4 is 75.3 Å². The van der Waals surface area contributed by atoms with Crippen molar-refractivity contribution < 1.29 is 0 Å². The van der Waals surface area contributed by atoms with Gasteiger partial charge in [0, 0.05) is 49.7 Å². The lowest BCUT2D eigenvalue weighted by atomic mass is 9.97. The number of rotatable bonds is 3. The second-order valence-electron chi connectivity index (χ2n) is 11.1. The van der Waals surface area contributed by atoms with Crippen molar-refractivity contribution in [3.8, 4) is 11.1 Å². The van der Waals surface area contributed by atoms with Gasteiger partial charge in [0.15, 0.2) is 0 Å². The molecule has 0 saturated heterocycles. The Hall–Kier alpha value is -4.29. The van der Waals surface area contributed by atoms with Gasteiger partial charge >= 0.3 is 0 Å². The topological polar surface area (TPSA) is 70.2 Å². The van der Waals surface area contributed by atoms with Gasteiger partial charge in [-0.15, -0.1) is 11.3 Å². The first kappa shape index (κ1) is 22.7. The maximum atomic E-state index is 4.96. The molecule has 0 aliphatic carbocycles. The Balaban J connectivity index is 1.34. The molecule has 0 fully saturated rings. The third kappa shape index (κ3) is 3.28. The number of nitrogens with zero attached hydrogens (tertiary/aromatic N) is 3. The van der Waals surface area contributed by atoms with Crippen LogP contribution in [-0.2, 0) is 0 Å². The molecular formula is C33H27N5S. The van der Waals surface area contributed by atoms with Gasteiger partial charge in [0.1, 0.15) is 17.2 Å². The number of fused-ring (bicyclic) bond motifs is 11. The minimum Gasteiger partial charge on any atom is -0.342 e. The first-order valence-corrected chi connectivity index (χ1v) is 14.3. The van der Waals surface area contributed by atoms with Crippen molar-refractivity contribution in [1.29, 1.82) is 0 Å². The van der Waals surface area contributed by atoms with Crippen LogP contribution in [0.15, 0.2) is 66.9 Å². The van der Waals surface area contributed by atoms with E-state index in [1.54, 1.807) is 0 Å². The zero-order valence-corrected chi connectivity index (χ0v) is 23.1. The highest BCUT2D eigenvalue weighted by atomic mass is 32.1. The summed E-state index contributed by atoms with van der Waals surface area (Å²) in [7, 11) is 0. The first-order chi connectivity index (χ1) is 19.0. The summed E-state index contributed by atoms with van der Waals surface area (Å²) in [6, 6.07) is 22.1. The van der Waals surface area contributed by atoms with Crippen LogP contribution in [0.3, 0.4) is 0 Å². The fourth-order valence-electron chi connectivity index (χ4n) is 5.78. The van der Waals surface area contributed by atoms with Crippen molar-refractivity contribution in [1.82, 2.24) is 24.9 Å². The first-order valence-electron chi connectivity index (χ1n) is 13.5. The number of aromatic amines is 2. The molecule has 0 atom stereocenters. The van der Waals surface area contributed by atoms with Gasteiger partial charge in [-0.05, 0) is 41.5 Å². The molecule has 4 heterocycles. The van der Waals surface area contributed by atoms with Gasteiger partial charge in [-0.1, -0.05) is 58.0 Å². The van der Waals surface area contributed by atoms with Crippen LogP contribution in [0.1, 0.15) is 51.2 Å². The normalized spacial score (nSPS) is 12.6. The predicted octanol–water partition coefficient (Wildman–Crippen LogP) is 9.42. The summed E-state index contributed by atoms with van der Waals surface area (Å²) in [5.74, 6) is 2.74. The van der Waals surface area contributed by atoms with Crippen molar-refractivity contribution in [3.63, 3.8) is 0 Å². The molecule has 0 amide bonds. The second kappa shape index (κ2) is 8.10. The molecule has 8 aromatic rings. The zero-order valence-electron chi connectivity index (χ0n) is 22.3. The summed E-state index contributed by atoms with van der Waals surface area (Å²) in [4.78, 5) is 21.8. The average Bonchev–Trinajstić information content (AvgIpc) is 3.67. The number of hydrogen-bond acceptors (Lipinski definition) is 4. The molecule has 190 valence electrons. The molecule has 0 spiro atoms. The largest absolute Gasteiger partial charge is 0.342 e. The summed E-state index contributed by atoms with van der Waals surface area (Å²) in [6.45, 7) is 8.69. The maximum Gasteiger partial charge on any atom is 0.109 e. The van der Waals surface area contributed by atoms with Crippen LogP contribution >= 0.6 is 11.3 Å². The van der Waals surface area contributed by atoms with E-state index in [4.69, 9.17) is 15.0 Å². The second-order valence-corrected chi connectivity index (χ2v) is 12.1. The minimum absolute atomic E-state index is 0.325. The van der Waals surface area contributed by atoms with E-state index >= 15 is 0 Å². The smallest absolute Gasteiger partial charge is 0.109 e. The number of thiophene rings is 1. The van der Waals surface area contributed by atoms with Crippen LogP contribution in [0.25, 0.3) is 75.0 Å². The van der Waals surface area contributed by atoms with E-state index in [0.29, 0.717) is 11.8 Å². The van der Waals surface area contributed by atoms with Gasteiger partial charge in [0.05, 0.1) is 26.8 Å². The van der Waals surface area contributed by atoms with Gasteiger partial charge < -0.3 is 9.97 Å². The summed E-state index contributed by atoms with van der Waals surface area (Å²) in [5, 5.41) is 5.94. The molecule has 0 saturated carbocycles. The Kier molecular flexibility index (Phi) is 4.71. The highest BCUT2D eigenvalue weighted by Gasteiger charge is 2.17. The summed E-state index contributed by atoms with van der Waals surface area (Å²) >= 11 is 1.83. The molecule has 0 aliphatic heterocycles. The standard InChI is InChI=1S/C33H27N5S/c1-16(2)32-35-25-12-11-22-20-9-7-19(15-26(20)39-31(22)30(25)38-32)18-8-10-21-24(14-18)27-23(6-5-13-34-27)29-28(21)36-33(37-29)17(3)4/h5-17H,1-4H3,(H,35,38)(H,36,37). The molecule has 0 radical (unpaired) electrons. The zero-order chi connectivity index (χ0) is 26.4. The fraction of sp³-hybridized carbons (Fsp3) is 0.182. The van der Waals surface area contributed by atoms with Crippen molar-refractivity contribution in [2.75, 3.05) is 0 Å². The lowest BCUT2D eigenvalue weighted by Gasteiger charge is -2.08. The van der Waals surface area contributed by atoms with E-state index in [-0.39, 0.29) is 0 Å². The molecule has 4 aromatic heterocycles. The van der Waals surface area contributed by atoms with E-state index in [1.165, 1.54) is 31.3 Å². The van der Waals surface area contributed by atoms with E-state index in [9.17, 15) is 0 Å². The van der Waals surface area contributed by atoms with Crippen LogP contribution in [0.5, 0.6) is 0 Å². The lowest BCUT2D eigenvalue weighted by molar-refractivity contribution is 0.799. The molecule has 4 aromatic carbocycles. The third-order valence-electron chi connectivity index (χ3n) is 7.87. The monoisotopic (exact) mass is 525 g/mol. The van der Waals surface area contributed by atoms with Crippen molar-refractivity contribution in [3.05, 3.63) is 78.5 Å². The number of H-pyrrole nitrogens is 2. The van der Waals surface area contributed by atoms with E-state index < -0.39 is 0 Å². The van der Waals surface area contributed by atoms with Crippen LogP contribution in [0.2, 0.25) is 0 Å². The minimum atomic E-state index is 0.325. The Morgan fingerprint density at radius 2 is 1.36 bits per heavy atom.